The molecule has 3 aromatic rings. The van der Waals surface area contributed by atoms with Gasteiger partial charge in [-0.25, -0.2) is 9.78 Å². The van der Waals surface area contributed by atoms with Crippen molar-refractivity contribution in [3.05, 3.63) is 59.5 Å². The fourth-order valence-corrected chi connectivity index (χ4v) is 3.58. The number of nitrogens with one attached hydrogen (secondary N) is 2. The summed E-state index contributed by atoms with van der Waals surface area (Å²) in [7, 11) is 0. The minimum atomic E-state index is -0.614. The number of benzene rings is 2. The lowest BCUT2D eigenvalue weighted by atomic mass is 10.1. The van der Waals surface area contributed by atoms with E-state index in [9.17, 15) is 9.90 Å². The van der Waals surface area contributed by atoms with E-state index in [4.69, 9.17) is 4.42 Å². The van der Waals surface area contributed by atoms with Crippen LogP contribution in [-0.2, 0) is 6.42 Å². The summed E-state index contributed by atoms with van der Waals surface area (Å²) in [5, 5.41) is 16.0. The van der Waals surface area contributed by atoms with Crippen molar-refractivity contribution in [2.45, 2.75) is 37.3 Å². The number of anilines is 1. The Balaban J connectivity index is 1.31. The summed E-state index contributed by atoms with van der Waals surface area (Å²) in [5.74, 6) is 1.23. The van der Waals surface area contributed by atoms with Crippen LogP contribution in [0.5, 0.6) is 0 Å². The van der Waals surface area contributed by atoms with E-state index in [1.54, 1.807) is 6.07 Å². The summed E-state index contributed by atoms with van der Waals surface area (Å²) in [5.41, 5.74) is 4.17. The Bertz CT molecular complexity index is 993. The Kier molecular flexibility index (Phi) is 3.46. The monoisotopic (exact) mass is 349 g/mol. The number of aromatic nitrogens is 1. The second-order valence-electron chi connectivity index (χ2n) is 7.06. The molecule has 2 atom stereocenters. The highest BCUT2D eigenvalue weighted by Gasteiger charge is 2.32. The van der Waals surface area contributed by atoms with E-state index in [1.165, 1.54) is 0 Å². The molecule has 132 valence electrons. The first-order valence-electron chi connectivity index (χ1n) is 8.91. The highest BCUT2D eigenvalue weighted by atomic mass is 16.3. The Morgan fingerprint density at radius 3 is 2.88 bits per heavy atom. The third-order valence-corrected chi connectivity index (χ3v) is 5.08. The van der Waals surface area contributed by atoms with Gasteiger partial charge in [0.25, 0.3) is 0 Å². The summed E-state index contributed by atoms with van der Waals surface area (Å²) in [4.78, 5) is 16.9. The highest BCUT2D eigenvalue weighted by Crippen LogP contribution is 2.40. The van der Waals surface area contributed by atoms with Gasteiger partial charge in [-0.3, -0.25) is 0 Å². The number of amides is 2. The molecule has 3 N–H and O–H groups in total. The summed E-state index contributed by atoms with van der Waals surface area (Å²) in [6.07, 6.45) is 2.20. The van der Waals surface area contributed by atoms with Crippen LogP contribution in [0.2, 0.25) is 0 Å². The summed E-state index contributed by atoms with van der Waals surface area (Å²) in [6.45, 7) is 0. The van der Waals surface area contributed by atoms with Crippen molar-refractivity contribution >= 4 is 22.8 Å². The number of aliphatic hydroxyl groups is 1. The van der Waals surface area contributed by atoms with Crippen molar-refractivity contribution in [3.8, 4) is 0 Å². The average Bonchev–Trinajstić information content (AvgIpc) is 3.32. The van der Waals surface area contributed by atoms with Gasteiger partial charge in [-0.2, -0.15) is 0 Å². The van der Waals surface area contributed by atoms with Crippen molar-refractivity contribution in [1.29, 1.82) is 0 Å². The zero-order valence-corrected chi connectivity index (χ0v) is 14.1. The number of hydrogen-bond donors (Lipinski definition) is 3. The zero-order chi connectivity index (χ0) is 17.7. The number of urea groups is 1. The summed E-state index contributed by atoms with van der Waals surface area (Å²) in [6, 6.07) is 12.5. The SMILES string of the molecule is O=C(Nc1ccc2oc(C3CC3)nc2c1)N[C@H]1c2ccccc2C[C@H]1O. The van der Waals surface area contributed by atoms with Crippen LogP contribution in [0.4, 0.5) is 10.5 Å². The third kappa shape index (κ3) is 2.72. The predicted octanol–water partition coefficient (Wildman–Crippen LogP) is 3.49. The van der Waals surface area contributed by atoms with Crippen molar-refractivity contribution in [2.75, 3.05) is 5.32 Å². The molecule has 1 saturated carbocycles. The molecule has 2 aromatic carbocycles. The molecule has 0 bridgehead atoms. The number of aliphatic hydroxyl groups excluding tert-OH is 1. The third-order valence-electron chi connectivity index (χ3n) is 5.08. The van der Waals surface area contributed by atoms with Gasteiger partial charge in [0, 0.05) is 18.0 Å². The first kappa shape index (κ1) is 15.4. The van der Waals surface area contributed by atoms with E-state index in [1.807, 2.05) is 36.4 Å². The van der Waals surface area contributed by atoms with Gasteiger partial charge in [0.05, 0.1) is 12.1 Å². The molecule has 26 heavy (non-hydrogen) atoms. The number of fused-ring (bicyclic) bond motifs is 2. The number of hydrogen-bond acceptors (Lipinski definition) is 4. The Labute approximate surface area is 150 Å². The number of rotatable bonds is 3. The lowest BCUT2D eigenvalue weighted by Gasteiger charge is -2.18. The molecule has 0 spiro atoms. The molecule has 1 aromatic heterocycles. The average molecular weight is 349 g/mol. The van der Waals surface area contributed by atoms with Gasteiger partial charge in [-0.15, -0.1) is 0 Å². The predicted molar refractivity (Wildman–Crippen MR) is 97.0 cm³/mol. The van der Waals surface area contributed by atoms with Gasteiger partial charge >= 0.3 is 6.03 Å². The van der Waals surface area contributed by atoms with Crippen LogP contribution in [0.1, 0.15) is 41.8 Å². The van der Waals surface area contributed by atoms with Gasteiger partial charge in [-0.05, 0) is 42.2 Å². The van der Waals surface area contributed by atoms with Crippen molar-refractivity contribution in [2.24, 2.45) is 0 Å². The molecule has 1 heterocycles. The molecular weight excluding hydrogens is 330 g/mol. The number of carbonyl (C=O) groups is 1. The second kappa shape index (κ2) is 5.85. The first-order valence-corrected chi connectivity index (χ1v) is 8.91. The van der Waals surface area contributed by atoms with Gasteiger partial charge in [-0.1, -0.05) is 24.3 Å². The molecule has 1 fully saturated rings. The number of carbonyl (C=O) groups excluding carboxylic acids is 1. The van der Waals surface area contributed by atoms with E-state index in [0.717, 1.165) is 41.0 Å². The fraction of sp³-hybridized carbons (Fsp3) is 0.300. The van der Waals surface area contributed by atoms with E-state index in [0.29, 0.717) is 18.0 Å². The van der Waals surface area contributed by atoms with Gasteiger partial charge < -0.3 is 20.2 Å². The molecule has 6 heteroatoms. The van der Waals surface area contributed by atoms with Gasteiger partial charge in [0.2, 0.25) is 0 Å². The second-order valence-corrected chi connectivity index (χ2v) is 7.06. The molecule has 2 aliphatic rings. The van der Waals surface area contributed by atoms with E-state index >= 15 is 0 Å². The lowest BCUT2D eigenvalue weighted by molar-refractivity contribution is 0.144. The quantitative estimate of drug-likeness (QED) is 0.675. The molecule has 0 saturated heterocycles. The van der Waals surface area contributed by atoms with Gasteiger partial charge in [0.15, 0.2) is 11.5 Å². The van der Waals surface area contributed by atoms with E-state index < -0.39 is 12.1 Å². The maximum Gasteiger partial charge on any atom is 0.319 e. The Morgan fingerprint density at radius 2 is 2.04 bits per heavy atom. The maximum atomic E-state index is 12.4. The number of nitrogens with zero attached hydrogens (tertiary/aromatic N) is 1. The van der Waals surface area contributed by atoms with Crippen molar-refractivity contribution in [1.82, 2.24) is 10.3 Å². The topological polar surface area (TPSA) is 87.4 Å². The minimum absolute atomic E-state index is 0.351. The molecule has 0 aliphatic heterocycles. The standard InChI is InChI=1S/C20H19N3O3/c24-16-9-12-3-1-2-4-14(12)18(16)23-20(25)21-13-7-8-17-15(10-13)22-19(26-17)11-5-6-11/h1-4,7-8,10-11,16,18,24H,5-6,9H2,(H2,21,23,25)/t16-,18+/m1/s1. The smallest absolute Gasteiger partial charge is 0.319 e. The zero-order valence-electron chi connectivity index (χ0n) is 14.1. The van der Waals surface area contributed by atoms with E-state index in [2.05, 4.69) is 15.6 Å². The van der Waals surface area contributed by atoms with Crippen LogP contribution in [0, 0.1) is 0 Å². The Morgan fingerprint density at radius 1 is 1.19 bits per heavy atom. The normalized spacial score (nSPS) is 21.6. The van der Waals surface area contributed by atoms with Crippen molar-refractivity contribution in [3.63, 3.8) is 0 Å². The Hall–Kier alpha value is -2.86. The molecule has 0 radical (unpaired) electrons. The molecular formula is C20H19N3O3. The fourth-order valence-electron chi connectivity index (χ4n) is 3.58. The van der Waals surface area contributed by atoms with E-state index in [-0.39, 0.29) is 6.03 Å². The highest BCUT2D eigenvalue weighted by molar-refractivity contribution is 5.92. The molecule has 5 rings (SSSR count). The molecule has 6 nitrogen and oxygen atoms in total. The van der Waals surface area contributed by atoms with Gasteiger partial charge in [0.1, 0.15) is 5.52 Å². The largest absolute Gasteiger partial charge is 0.440 e. The van der Waals surface area contributed by atoms with Crippen LogP contribution >= 0.6 is 0 Å². The summed E-state index contributed by atoms with van der Waals surface area (Å²) < 4.78 is 5.74. The molecule has 0 unspecified atom stereocenters. The van der Waals surface area contributed by atoms with Crippen molar-refractivity contribution < 1.29 is 14.3 Å². The summed E-state index contributed by atoms with van der Waals surface area (Å²) >= 11 is 0. The van der Waals surface area contributed by atoms with Crippen LogP contribution in [0.15, 0.2) is 46.9 Å². The first-order chi connectivity index (χ1) is 12.7. The molecule has 2 amide bonds. The maximum absolute atomic E-state index is 12.4. The number of oxazole rings is 1. The minimum Gasteiger partial charge on any atom is -0.440 e. The van der Waals surface area contributed by atoms with Crippen LogP contribution in [-0.4, -0.2) is 22.2 Å². The van der Waals surface area contributed by atoms with Crippen LogP contribution < -0.4 is 10.6 Å². The lowest BCUT2D eigenvalue weighted by Crippen LogP contribution is -2.36. The molecule has 2 aliphatic carbocycles. The van der Waals surface area contributed by atoms with Crippen LogP contribution in [0.25, 0.3) is 11.1 Å². The van der Waals surface area contributed by atoms with Crippen LogP contribution in [0.3, 0.4) is 0 Å².